The molecule has 0 saturated heterocycles. The fraction of sp³-hybridized carbons (Fsp3) is 0.154. The second kappa shape index (κ2) is 9.46. The maximum atomic E-state index is 13.5. The van der Waals surface area contributed by atoms with Crippen LogP contribution in [0.4, 0.5) is 10.1 Å². The normalized spacial score (nSPS) is 9.68. The molecule has 2 aromatic rings. The highest BCUT2D eigenvalue weighted by Gasteiger charge is 2.14. The van der Waals surface area contributed by atoms with Crippen molar-refractivity contribution in [2.24, 2.45) is 11.7 Å². The van der Waals surface area contributed by atoms with Crippen molar-refractivity contribution < 1.29 is 13.6 Å². The summed E-state index contributed by atoms with van der Waals surface area (Å²) in [4.78, 5) is 9.70. The number of carbonyl (C=O) groups is 1. The molecule has 6 nitrogen and oxygen atoms in total. The quantitative estimate of drug-likeness (QED) is 0.238. The lowest BCUT2D eigenvalue weighted by molar-refractivity contribution is -0.109. The zero-order valence-corrected chi connectivity index (χ0v) is 14.2. The molecule has 0 bridgehead atoms. The number of thioether (sulfide) groups is 1. The van der Waals surface area contributed by atoms with Gasteiger partial charge in [-0.05, 0) is 40.2 Å². The van der Waals surface area contributed by atoms with Gasteiger partial charge in [0.15, 0.2) is 0 Å². The third-order valence-corrected chi connectivity index (χ3v) is 4.58. The molecule has 1 aromatic heterocycles. The minimum absolute atomic E-state index is 0.303. The number of hydrogen-bond donors (Lipinski definition) is 3. The number of anilines is 1. The maximum Gasteiger partial charge on any atom is 0.221 e. The summed E-state index contributed by atoms with van der Waals surface area (Å²) in [6, 6.07) is 6.75. The molecule has 0 spiro atoms. The minimum Gasteiger partial charge on any atom is -0.468 e. The first-order chi connectivity index (χ1) is 10.5. The molecule has 9 heteroatoms. The molecule has 0 unspecified atom stereocenters. The molecule has 1 heterocycles. The van der Waals surface area contributed by atoms with Crippen molar-refractivity contribution in [1.29, 1.82) is 0 Å². The van der Waals surface area contributed by atoms with Gasteiger partial charge in [-0.3, -0.25) is 10.2 Å². The van der Waals surface area contributed by atoms with Crippen LogP contribution in [-0.2, 0) is 10.5 Å². The van der Waals surface area contributed by atoms with Gasteiger partial charge in [0.2, 0.25) is 6.41 Å². The summed E-state index contributed by atoms with van der Waals surface area (Å²) >= 11 is 4.73. The number of nitrogens with two attached hydrogens (primary N) is 2. The molecule has 1 aromatic carbocycles. The molecule has 22 heavy (non-hydrogen) atoms. The number of nitrogens with one attached hydrogen (secondary N) is 1. The van der Waals surface area contributed by atoms with Gasteiger partial charge < -0.3 is 9.43 Å². The third kappa shape index (κ3) is 5.34. The zero-order valence-electron chi connectivity index (χ0n) is 11.8. The van der Waals surface area contributed by atoms with Gasteiger partial charge in [0.1, 0.15) is 11.6 Å². The number of hydrogen-bond acceptors (Lipinski definition) is 6. The summed E-state index contributed by atoms with van der Waals surface area (Å²) in [5, 5.41) is 1.47. The molecule has 0 atom stereocenters. The van der Waals surface area contributed by atoms with Crippen LogP contribution in [-0.4, -0.2) is 13.5 Å². The molecular formula is C13H16BrFN4O2S. The smallest absolute Gasteiger partial charge is 0.221 e. The molecule has 0 aliphatic carbocycles. The van der Waals surface area contributed by atoms with Crippen LogP contribution in [0.1, 0.15) is 5.76 Å². The second-order valence-electron chi connectivity index (χ2n) is 3.97. The fourth-order valence-corrected chi connectivity index (χ4v) is 3.19. The number of nitrogens with zero attached hydrogens (tertiary/aromatic N) is 1. The largest absolute Gasteiger partial charge is 0.468 e. The number of benzene rings is 1. The van der Waals surface area contributed by atoms with E-state index in [-0.39, 0.29) is 5.82 Å². The highest BCUT2D eigenvalue weighted by atomic mass is 79.9. The molecule has 0 radical (unpaired) electrons. The highest BCUT2D eigenvalue weighted by molar-refractivity contribution is 9.10. The Morgan fingerprint density at radius 3 is 2.68 bits per heavy atom. The standard InChI is InChI=1S/C12H12BrFN2OS.CH4N2O/c1-16(15)10-5-4-9(14)11(13)12(10)18-7-8-3-2-6-17-8;2-3-1-4/h2-6H,7,15H2,1H3;1H,2H2,(H,3,4). The Kier molecular flexibility index (Phi) is 7.96. The van der Waals surface area contributed by atoms with Crippen molar-refractivity contribution >= 4 is 39.8 Å². The van der Waals surface area contributed by atoms with Crippen LogP contribution in [0.3, 0.4) is 0 Å². The van der Waals surface area contributed by atoms with Crippen LogP contribution in [0.15, 0.2) is 44.3 Å². The average molecular weight is 391 g/mol. The summed E-state index contributed by atoms with van der Waals surface area (Å²) in [6.07, 6.45) is 2.02. The first kappa shape index (κ1) is 18.5. The van der Waals surface area contributed by atoms with Gasteiger partial charge >= 0.3 is 0 Å². The monoisotopic (exact) mass is 390 g/mol. The minimum atomic E-state index is -0.303. The number of halogens is 2. The Morgan fingerprint density at radius 2 is 2.18 bits per heavy atom. The number of furan rings is 1. The van der Waals surface area contributed by atoms with Crippen LogP contribution < -0.4 is 22.1 Å². The van der Waals surface area contributed by atoms with E-state index in [1.54, 1.807) is 24.8 Å². The topological polar surface area (TPSA) is 97.5 Å². The van der Waals surface area contributed by atoms with Crippen LogP contribution >= 0.6 is 27.7 Å². The van der Waals surface area contributed by atoms with Crippen molar-refractivity contribution in [3.05, 3.63) is 46.6 Å². The third-order valence-electron chi connectivity index (χ3n) is 2.42. The van der Waals surface area contributed by atoms with Gasteiger partial charge in [-0.15, -0.1) is 11.8 Å². The Labute approximate surface area is 140 Å². The van der Waals surface area contributed by atoms with Crippen molar-refractivity contribution in [1.82, 2.24) is 5.43 Å². The number of rotatable bonds is 5. The van der Waals surface area contributed by atoms with Crippen LogP contribution in [0.5, 0.6) is 0 Å². The Bertz CT molecular complexity index is 596. The van der Waals surface area contributed by atoms with Crippen molar-refractivity contribution in [2.45, 2.75) is 10.6 Å². The Balaban J connectivity index is 0.000000541. The van der Waals surface area contributed by atoms with E-state index in [1.807, 2.05) is 12.1 Å². The first-order valence-corrected chi connectivity index (χ1v) is 7.80. The van der Waals surface area contributed by atoms with E-state index in [1.165, 1.54) is 22.8 Å². The van der Waals surface area contributed by atoms with E-state index in [9.17, 15) is 4.39 Å². The summed E-state index contributed by atoms with van der Waals surface area (Å²) in [5.41, 5.74) is 2.51. The summed E-state index contributed by atoms with van der Waals surface area (Å²) in [7, 11) is 1.72. The molecule has 0 fully saturated rings. The summed E-state index contributed by atoms with van der Waals surface area (Å²) in [5.74, 6) is 11.3. The molecular weight excluding hydrogens is 375 g/mol. The Hall–Kier alpha value is -1.55. The molecule has 0 aliphatic heterocycles. The average Bonchev–Trinajstić information content (AvgIpc) is 3.02. The van der Waals surface area contributed by atoms with Crippen LogP contribution in [0.2, 0.25) is 0 Å². The lowest BCUT2D eigenvalue weighted by Crippen LogP contribution is -2.25. The summed E-state index contributed by atoms with van der Waals surface area (Å²) < 4.78 is 19.2. The predicted molar refractivity (Wildman–Crippen MR) is 88.3 cm³/mol. The molecule has 120 valence electrons. The first-order valence-electron chi connectivity index (χ1n) is 6.02. The van der Waals surface area contributed by atoms with Crippen LogP contribution in [0, 0.1) is 5.82 Å². The Morgan fingerprint density at radius 1 is 1.50 bits per heavy atom. The SMILES string of the molecule is CN(N)c1ccc(F)c(Br)c1SCc1ccco1.NNC=O. The summed E-state index contributed by atoms with van der Waals surface area (Å²) in [6.45, 7) is 0. The molecule has 2 rings (SSSR count). The van der Waals surface area contributed by atoms with Crippen LogP contribution in [0.25, 0.3) is 0 Å². The number of hydrazine groups is 2. The lowest BCUT2D eigenvalue weighted by atomic mass is 10.3. The molecule has 0 aliphatic rings. The van der Waals surface area contributed by atoms with E-state index in [0.717, 1.165) is 16.3 Å². The zero-order chi connectivity index (χ0) is 16.5. The van der Waals surface area contributed by atoms with Crippen molar-refractivity contribution in [3.8, 4) is 0 Å². The van der Waals surface area contributed by atoms with E-state index in [0.29, 0.717) is 16.6 Å². The van der Waals surface area contributed by atoms with E-state index in [4.69, 9.17) is 15.1 Å². The fourth-order valence-electron chi connectivity index (χ4n) is 1.47. The second-order valence-corrected chi connectivity index (χ2v) is 5.75. The van der Waals surface area contributed by atoms with Gasteiger partial charge in [-0.1, -0.05) is 0 Å². The van der Waals surface area contributed by atoms with Gasteiger partial charge in [-0.2, -0.15) is 0 Å². The van der Waals surface area contributed by atoms with Gasteiger partial charge in [0, 0.05) is 11.9 Å². The van der Waals surface area contributed by atoms with Crippen molar-refractivity contribution in [3.63, 3.8) is 0 Å². The molecule has 1 amide bonds. The molecule has 0 saturated carbocycles. The van der Waals surface area contributed by atoms with E-state index >= 15 is 0 Å². The van der Waals surface area contributed by atoms with Gasteiger partial charge in [0.25, 0.3) is 0 Å². The number of carbonyl (C=O) groups excluding carboxylic acids is 1. The predicted octanol–water partition coefficient (Wildman–Crippen LogP) is 2.39. The van der Waals surface area contributed by atoms with E-state index in [2.05, 4.69) is 21.8 Å². The van der Waals surface area contributed by atoms with E-state index < -0.39 is 0 Å². The maximum absolute atomic E-state index is 13.5. The lowest BCUT2D eigenvalue weighted by Gasteiger charge is -2.17. The highest BCUT2D eigenvalue weighted by Crippen LogP contribution is 2.38. The van der Waals surface area contributed by atoms with Crippen molar-refractivity contribution in [2.75, 3.05) is 12.1 Å². The van der Waals surface area contributed by atoms with Gasteiger partial charge in [-0.25, -0.2) is 16.1 Å². The van der Waals surface area contributed by atoms with Gasteiger partial charge in [0.05, 0.1) is 22.2 Å². The molecule has 5 N–H and O–H groups in total. The number of amides is 1.